The molecule has 0 radical (unpaired) electrons. The number of unbranched alkanes of at least 4 members (excludes halogenated alkanes) is 4. The molecular weight excluding hydrogens is 344 g/mol. The molecule has 1 rings (SSSR count). The Hall–Kier alpha value is -0.200. The Bertz CT molecular complexity index is 326. The average molecular weight is 389 g/mol. The zero-order valence-electron chi connectivity index (χ0n) is 18.3. The maximum atomic E-state index is 6.28. The van der Waals surface area contributed by atoms with E-state index in [1.165, 1.54) is 0 Å². The van der Waals surface area contributed by atoms with Crippen LogP contribution in [-0.4, -0.2) is 64.1 Å². The summed E-state index contributed by atoms with van der Waals surface area (Å²) in [6.45, 7) is 12.8. The van der Waals surface area contributed by atoms with Gasteiger partial charge in [0.05, 0.1) is 13.2 Å². The summed E-state index contributed by atoms with van der Waals surface area (Å²) in [7, 11) is 0. The zero-order valence-corrected chi connectivity index (χ0v) is 18.3. The van der Waals surface area contributed by atoms with E-state index in [0.29, 0.717) is 13.2 Å². The first kappa shape index (κ1) is 24.8. The molecule has 1 fully saturated rings. The summed E-state index contributed by atoms with van der Waals surface area (Å²) in [4.78, 5) is 0. The van der Waals surface area contributed by atoms with Gasteiger partial charge in [-0.3, -0.25) is 0 Å². The highest BCUT2D eigenvalue weighted by Gasteiger charge is 2.42. The Morgan fingerprint density at radius 1 is 0.667 bits per heavy atom. The van der Waals surface area contributed by atoms with Crippen molar-refractivity contribution in [3.05, 3.63) is 0 Å². The van der Waals surface area contributed by atoms with E-state index in [4.69, 9.17) is 23.7 Å². The first-order valence-corrected chi connectivity index (χ1v) is 11.3. The van der Waals surface area contributed by atoms with Gasteiger partial charge in [0.1, 0.15) is 24.4 Å². The van der Waals surface area contributed by atoms with Crippen LogP contribution in [0.3, 0.4) is 0 Å². The largest absolute Gasteiger partial charge is 0.379 e. The van der Waals surface area contributed by atoms with Gasteiger partial charge in [-0.1, -0.05) is 53.4 Å². The van der Waals surface area contributed by atoms with Gasteiger partial charge in [0.2, 0.25) is 0 Å². The van der Waals surface area contributed by atoms with Crippen LogP contribution >= 0.6 is 0 Å². The van der Waals surface area contributed by atoms with Crippen molar-refractivity contribution in [1.29, 1.82) is 0 Å². The molecule has 0 N–H and O–H groups in total. The molecule has 0 aliphatic carbocycles. The lowest BCUT2D eigenvalue weighted by Crippen LogP contribution is -2.57. The van der Waals surface area contributed by atoms with Crippen LogP contribution in [0, 0.1) is 0 Å². The Kier molecular flexibility index (Phi) is 15.4. The van der Waals surface area contributed by atoms with E-state index in [9.17, 15) is 0 Å². The van der Waals surface area contributed by atoms with Gasteiger partial charge in [0.15, 0.2) is 0 Å². The standard InChI is InChI=1S/C22H44O5/c1-5-9-13-23-17-19-21(25-15-11-7-3)22(26-16-12-8-4)20(18-27-19)24-14-10-6-2/h19-22H,5-18H2,1-4H3. The Labute approximate surface area is 167 Å². The van der Waals surface area contributed by atoms with E-state index >= 15 is 0 Å². The SMILES string of the molecule is CCCCOCC1OCC(OCCCC)C(OCCCC)C1OCCCC. The maximum absolute atomic E-state index is 6.28. The first-order chi connectivity index (χ1) is 13.3. The second-order valence-electron chi connectivity index (χ2n) is 7.44. The summed E-state index contributed by atoms with van der Waals surface area (Å²) in [5.74, 6) is 0. The monoisotopic (exact) mass is 388 g/mol. The lowest BCUT2D eigenvalue weighted by molar-refractivity contribution is -0.239. The van der Waals surface area contributed by atoms with Crippen molar-refractivity contribution < 1.29 is 23.7 Å². The smallest absolute Gasteiger partial charge is 0.115 e. The second-order valence-corrected chi connectivity index (χ2v) is 7.44. The summed E-state index contributed by atoms with van der Waals surface area (Å²) in [6, 6.07) is 0. The van der Waals surface area contributed by atoms with E-state index in [1.54, 1.807) is 0 Å². The Morgan fingerprint density at radius 3 is 1.78 bits per heavy atom. The van der Waals surface area contributed by atoms with Crippen LogP contribution in [0.2, 0.25) is 0 Å². The minimum Gasteiger partial charge on any atom is -0.379 e. The molecule has 0 bridgehead atoms. The van der Waals surface area contributed by atoms with Gasteiger partial charge in [-0.15, -0.1) is 0 Å². The first-order valence-electron chi connectivity index (χ1n) is 11.3. The van der Waals surface area contributed by atoms with Gasteiger partial charge in [-0.05, 0) is 25.7 Å². The van der Waals surface area contributed by atoms with E-state index < -0.39 is 0 Å². The molecule has 162 valence electrons. The van der Waals surface area contributed by atoms with Crippen molar-refractivity contribution in [1.82, 2.24) is 0 Å². The van der Waals surface area contributed by atoms with Crippen LogP contribution in [0.1, 0.15) is 79.1 Å². The van der Waals surface area contributed by atoms with Crippen LogP contribution in [-0.2, 0) is 23.7 Å². The van der Waals surface area contributed by atoms with Crippen LogP contribution in [0.4, 0.5) is 0 Å². The van der Waals surface area contributed by atoms with Gasteiger partial charge < -0.3 is 23.7 Å². The molecule has 0 aromatic rings. The van der Waals surface area contributed by atoms with Gasteiger partial charge in [-0.2, -0.15) is 0 Å². The summed E-state index contributed by atoms with van der Waals surface area (Å²) in [5, 5.41) is 0. The van der Waals surface area contributed by atoms with E-state index in [2.05, 4.69) is 27.7 Å². The van der Waals surface area contributed by atoms with Crippen molar-refractivity contribution in [2.45, 2.75) is 103 Å². The molecule has 5 heteroatoms. The van der Waals surface area contributed by atoms with Gasteiger partial charge >= 0.3 is 0 Å². The van der Waals surface area contributed by atoms with E-state index in [0.717, 1.165) is 77.8 Å². The fourth-order valence-electron chi connectivity index (χ4n) is 3.07. The molecule has 1 saturated heterocycles. The molecular formula is C22H44O5. The quantitative estimate of drug-likeness (QED) is 0.336. The van der Waals surface area contributed by atoms with Gasteiger partial charge in [0.25, 0.3) is 0 Å². The highest BCUT2D eigenvalue weighted by Crippen LogP contribution is 2.25. The molecule has 1 heterocycles. The molecule has 0 amide bonds. The van der Waals surface area contributed by atoms with Crippen molar-refractivity contribution >= 4 is 0 Å². The minimum absolute atomic E-state index is 0.0630. The van der Waals surface area contributed by atoms with Crippen molar-refractivity contribution in [2.24, 2.45) is 0 Å². The van der Waals surface area contributed by atoms with Crippen LogP contribution in [0.15, 0.2) is 0 Å². The average Bonchev–Trinajstić information content (AvgIpc) is 2.68. The molecule has 1 aliphatic heterocycles. The number of rotatable bonds is 17. The molecule has 0 aromatic heterocycles. The third kappa shape index (κ3) is 10.2. The molecule has 4 unspecified atom stereocenters. The fourth-order valence-corrected chi connectivity index (χ4v) is 3.07. The van der Waals surface area contributed by atoms with Crippen LogP contribution in [0.25, 0.3) is 0 Å². The molecule has 0 saturated carbocycles. The van der Waals surface area contributed by atoms with E-state index in [-0.39, 0.29) is 24.4 Å². The minimum atomic E-state index is -0.129. The summed E-state index contributed by atoms with van der Waals surface area (Å²) in [5.41, 5.74) is 0. The number of ether oxygens (including phenoxy) is 5. The van der Waals surface area contributed by atoms with Crippen LogP contribution < -0.4 is 0 Å². The predicted octanol–water partition coefficient (Wildman–Crippen LogP) is 4.76. The Balaban J connectivity index is 2.72. The highest BCUT2D eigenvalue weighted by molar-refractivity contribution is 4.90. The van der Waals surface area contributed by atoms with Gasteiger partial charge in [-0.25, -0.2) is 0 Å². The lowest BCUT2D eigenvalue weighted by atomic mass is 9.99. The summed E-state index contributed by atoms with van der Waals surface area (Å²) in [6.07, 6.45) is 8.37. The summed E-state index contributed by atoms with van der Waals surface area (Å²) < 4.78 is 30.7. The van der Waals surface area contributed by atoms with Crippen molar-refractivity contribution in [3.63, 3.8) is 0 Å². The number of hydrogen-bond donors (Lipinski definition) is 0. The predicted molar refractivity (Wildman–Crippen MR) is 109 cm³/mol. The molecule has 27 heavy (non-hydrogen) atoms. The van der Waals surface area contributed by atoms with Crippen molar-refractivity contribution in [2.75, 3.05) is 39.6 Å². The topological polar surface area (TPSA) is 46.2 Å². The zero-order chi connectivity index (χ0) is 19.7. The molecule has 0 spiro atoms. The highest BCUT2D eigenvalue weighted by atomic mass is 16.6. The maximum Gasteiger partial charge on any atom is 0.115 e. The van der Waals surface area contributed by atoms with Gasteiger partial charge in [0, 0.05) is 26.4 Å². The molecule has 5 nitrogen and oxygen atoms in total. The third-order valence-corrected chi connectivity index (χ3v) is 4.90. The summed E-state index contributed by atoms with van der Waals surface area (Å²) >= 11 is 0. The molecule has 0 aromatic carbocycles. The lowest BCUT2D eigenvalue weighted by Gasteiger charge is -2.42. The second kappa shape index (κ2) is 16.7. The van der Waals surface area contributed by atoms with E-state index in [1.807, 2.05) is 0 Å². The normalized spacial score (nSPS) is 25.8. The third-order valence-electron chi connectivity index (χ3n) is 4.90. The molecule has 1 aliphatic rings. The molecule has 4 atom stereocenters. The fraction of sp³-hybridized carbons (Fsp3) is 1.00. The van der Waals surface area contributed by atoms with Crippen LogP contribution in [0.5, 0.6) is 0 Å². The Morgan fingerprint density at radius 2 is 1.19 bits per heavy atom. The number of hydrogen-bond acceptors (Lipinski definition) is 5. The van der Waals surface area contributed by atoms with Crippen molar-refractivity contribution in [3.8, 4) is 0 Å².